The van der Waals surface area contributed by atoms with Crippen molar-refractivity contribution < 1.29 is 9.53 Å². The van der Waals surface area contributed by atoms with E-state index in [1.54, 1.807) is 6.07 Å². The number of aryl methyl sites for hydroxylation is 1. The van der Waals surface area contributed by atoms with Crippen LogP contribution in [0, 0.1) is 6.92 Å². The Morgan fingerprint density at radius 1 is 1.53 bits per heavy atom. The van der Waals surface area contributed by atoms with Crippen molar-refractivity contribution in [3.63, 3.8) is 0 Å². The molecule has 2 aromatic rings. The number of hydrogen-bond donors (Lipinski definition) is 1. The number of carbonyl (C=O) groups excluding carboxylic acids is 1. The van der Waals surface area contributed by atoms with Gasteiger partial charge in [0.2, 0.25) is 0 Å². The molecule has 4 nitrogen and oxygen atoms in total. The molecule has 1 aromatic carbocycles. The highest BCUT2D eigenvalue weighted by molar-refractivity contribution is 7.22. The third kappa shape index (κ3) is 1.66. The van der Waals surface area contributed by atoms with Gasteiger partial charge in [-0.25, -0.2) is 9.78 Å². The second kappa shape index (κ2) is 3.51. The molecule has 0 aliphatic heterocycles. The van der Waals surface area contributed by atoms with Crippen LogP contribution in [0.25, 0.3) is 10.2 Å². The highest BCUT2D eigenvalue weighted by atomic mass is 32.1. The summed E-state index contributed by atoms with van der Waals surface area (Å²) in [4.78, 5) is 15.6. The molecule has 2 N–H and O–H groups in total. The number of nitrogen functional groups attached to an aromatic ring is 1. The minimum absolute atomic E-state index is 0.354. The predicted octanol–water partition coefficient (Wildman–Crippen LogP) is 1.97. The molecule has 0 amide bonds. The molecular formula is C10H10N2O2S. The fraction of sp³-hybridized carbons (Fsp3) is 0.200. The molecule has 0 fully saturated rings. The van der Waals surface area contributed by atoms with Gasteiger partial charge >= 0.3 is 5.97 Å². The van der Waals surface area contributed by atoms with E-state index in [2.05, 4.69) is 4.98 Å². The molecule has 0 radical (unpaired) electrons. The SMILES string of the molecule is COC(=O)c1cc(C)cc2nc(N)sc12. The van der Waals surface area contributed by atoms with Crippen LogP contribution < -0.4 is 5.73 Å². The third-order valence-corrected chi connectivity index (χ3v) is 2.99. The van der Waals surface area contributed by atoms with Crippen LogP contribution in [0.3, 0.4) is 0 Å². The third-order valence-electron chi connectivity index (χ3n) is 2.06. The van der Waals surface area contributed by atoms with Gasteiger partial charge in [-0.05, 0) is 24.6 Å². The van der Waals surface area contributed by atoms with E-state index in [-0.39, 0.29) is 5.97 Å². The smallest absolute Gasteiger partial charge is 0.339 e. The molecule has 0 bridgehead atoms. The van der Waals surface area contributed by atoms with Crippen molar-refractivity contribution in [1.82, 2.24) is 4.98 Å². The van der Waals surface area contributed by atoms with Crippen molar-refractivity contribution in [2.75, 3.05) is 12.8 Å². The number of ether oxygens (including phenoxy) is 1. The quantitative estimate of drug-likeness (QED) is 0.749. The second-order valence-corrected chi connectivity index (χ2v) is 4.24. The molecule has 0 aliphatic carbocycles. The molecule has 0 saturated heterocycles. The minimum Gasteiger partial charge on any atom is -0.465 e. The van der Waals surface area contributed by atoms with Gasteiger partial charge in [-0.15, -0.1) is 0 Å². The average Bonchev–Trinajstić information content (AvgIpc) is 2.55. The van der Waals surface area contributed by atoms with Gasteiger partial charge in [0.1, 0.15) is 0 Å². The van der Waals surface area contributed by atoms with Gasteiger partial charge in [0.05, 0.1) is 22.9 Å². The van der Waals surface area contributed by atoms with E-state index in [4.69, 9.17) is 10.5 Å². The fourth-order valence-electron chi connectivity index (χ4n) is 1.45. The maximum absolute atomic E-state index is 11.5. The second-order valence-electron chi connectivity index (χ2n) is 3.20. The molecule has 0 spiro atoms. The summed E-state index contributed by atoms with van der Waals surface area (Å²) in [6, 6.07) is 3.68. The molecule has 0 atom stereocenters. The average molecular weight is 222 g/mol. The van der Waals surface area contributed by atoms with Gasteiger partial charge in [0, 0.05) is 0 Å². The zero-order chi connectivity index (χ0) is 11.0. The van der Waals surface area contributed by atoms with Gasteiger partial charge in [0.15, 0.2) is 5.13 Å². The van der Waals surface area contributed by atoms with Gasteiger partial charge in [-0.3, -0.25) is 0 Å². The van der Waals surface area contributed by atoms with Crippen LogP contribution in [0.15, 0.2) is 12.1 Å². The minimum atomic E-state index is -0.354. The maximum Gasteiger partial charge on any atom is 0.339 e. The topological polar surface area (TPSA) is 65.2 Å². The number of nitrogens with zero attached hydrogens (tertiary/aromatic N) is 1. The van der Waals surface area contributed by atoms with Crippen molar-refractivity contribution in [2.45, 2.75) is 6.92 Å². The molecule has 5 heteroatoms. The highest BCUT2D eigenvalue weighted by Gasteiger charge is 2.14. The van der Waals surface area contributed by atoms with E-state index < -0.39 is 0 Å². The number of benzene rings is 1. The lowest BCUT2D eigenvalue weighted by Crippen LogP contribution is -2.01. The number of anilines is 1. The Labute approximate surface area is 90.7 Å². The summed E-state index contributed by atoms with van der Waals surface area (Å²) in [5, 5.41) is 0.459. The predicted molar refractivity (Wildman–Crippen MR) is 60.1 cm³/mol. The summed E-state index contributed by atoms with van der Waals surface area (Å²) in [5.74, 6) is -0.354. The first-order valence-electron chi connectivity index (χ1n) is 4.37. The van der Waals surface area contributed by atoms with Crippen molar-refractivity contribution in [3.8, 4) is 0 Å². The van der Waals surface area contributed by atoms with Crippen molar-refractivity contribution in [2.24, 2.45) is 0 Å². The standard InChI is InChI=1S/C10H10N2O2S/c1-5-3-6(9(13)14-2)8-7(4-5)12-10(11)15-8/h3-4H,1-2H3,(H2,11,12). The molecular weight excluding hydrogens is 212 g/mol. The van der Waals surface area contributed by atoms with Crippen LogP contribution >= 0.6 is 11.3 Å². The highest BCUT2D eigenvalue weighted by Crippen LogP contribution is 2.28. The Hall–Kier alpha value is -1.62. The Bertz CT molecular complexity index is 533. The van der Waals surface area contributed by atoms with E-state index in [1.807, 2.05) is 13.0 Å². The van der Waals surface area contributed by atoms with E-state index in [0.717, 1.165) is 15.8 Å². The monoisotopic (exact) mass is 222 g/mol. The van der Waals surface area contributed by atoms with Gasteiger partial charge < -0.3 is 10.5 Å². The zero-order valence-corrected chi connectivity index (χ0v) is 9.22. The molecule has 15 heavy (non-hydrogen) atoms. The first-order chi connectivity index (χ1) is 7.11. The largest absolute Gasteiger partial charge is 0.465 e. The number of fused-ring (bicyclic) bond motifs is 1. The van der Waals surface area contributed by atoms with Crippen LogP contribution in [0.2, 0.25) is 0 Å². The summed E-state index contributed by atoms with van der Waals surface area (Å²) < 4.78 is 5.49. The summed E-state index contributed by atoms with van der Waals surface area (Å²) >= 11 is 1.30. The zero-order valence-electron chi connectivity index (χ0n) is 8.40. The molecule has 0 aliphatic rings. The van der Waals surface area contributed by atoms with E-state index in [9.17, 15) is 4.79 Å². The van der Waals surface area contributed by atoms with E-state index >= 15 is 0 Å². The number of thiazole rings is 1. The number of aromatic nitrogens is 1. The lowest BCUT2D eigenvalue weighted by Gasteiger charge is -2.01. The maximum atomic E-state index is 11.5. The Morgan fingerprint density at radius 3 is 2.93 bits per heavy atom. The summed E-state index contributed by atoms with van der Waals surface area (Å²) in [7, 11) is 1.36. The van der Waals surface area contributed by atoms with Crippen LogP contribution in [0.5, 0.6) is 0 Å². The molecule has 0 saturated carbocycles. The van der Waals surface area contributed by atoms with Crippen LogP contribution in [-0.2, 0) is 4.74 Å². The Kier molecular flexibility index (Phi) is 2.32. The Morgan fingerprint density at radius 2 is 2.27 bits per heavy atom. The Balaban J connectivity index is 2.75. The van der Waals surface area contributed by atoms with Crippen LogP contribution in [-0.4, -0.2) is 18.1 Å². The first-order valence-corrected chi connectivity index (χ1v) is 5.18. The number of hydrogen-bond acceptors (Lipinski definition) is 5. The molecule has 0 unspecified atom stereocenters. The lowest BCUT2D eigenvalue weighted by atomic mass is 10.1. The number of esters is 1. The van der Waals surface area contributed by atoms with Gasteiger partial charge in [0.25, 0.3) is 0 Å². The molecule has 2 rings (SSSR count). The normalized spacial score (nSPS) is 10.5. The number of carbonyl (C=O) groups is 1. The molecule has 78 valence electrons. The van der Waals surface area contributed by atoms with E-state index in [1.165, 1.54) is 18.4 Å². The molecule has 1 aromatic heterocycles. The van der Waals surface area contributed by atoms with Gasteiger partial charge in [-0.2, -0.15) is 0 Å². The van der Waals surface area contributed by atoms with E-state index in [0.29, 0.717) is 10.7 Å². The lowest BCUT2D eigenvalue weighted by molar-refractivity contribution is 0.0603. The number of nitrogens with two attached hydrogens (primary N) is 1. The summed E-state index contributed by atoms with van der Waals surface area (Å²) in [5.41, 5.74) is 7.85. The summed E-state index contributed by atoms with van der Waals surface area (Å²) in [6.07, 6.45) is 0. The number of rotatable bonds is 1. The number of methoxy groups -OCH3 is 1. The van der Waals surface area contributed by atoms with Crippen molar-refractivity contribution in [1.29, 1.82) is 0 Å². The fourth-order valence-corrected chi connectivity index (χ4v) is 2.27. The summed E-state index contributed by atoms with van der Waals surface area (Å²) in [6.45, 7) is 1.90. The molecule has 1 heterocycles. The first kappa shape index (κ1) is 9.92. The van der Waals surface area contributed by atoms with Gasteiger partial charge in [-0.1, -0.05) is 11.3 Å². The van der Waals surface area contributed by atoms with Crippen molar-refractivity contribution in [3.05, 3.63) is 23.3 Å². The van der Waals surface area contributed by atoms with Crippen molar-refractivity contribution >= 4 is 32.7 Å². The van der Waals surface area contributed by atoms with Crippen LogP contribution in [0.4, 0.5) is 5.13 Å². The van der Waals surface area contributed by atoms with Crippen LogP contribution in [0.1, 0.15) is 15.9 Å².